The quantitative estimate of drug-likeness (QED) is 0.334. The van der Waals surface area contributed by atoms with Gasteiger partial charge >= 0.3 is 57.3 Å². The predicted octanol–water partition coefficient (Wildman–Crippen LogP) is -1.42. The molecule has 0 amide bonds. The molecule has 0 unspecified atom stereocenters. The summed E-state index contributed by atoms with van der Waals surface area (Å²) < 4.78 is 7.94. The molecule has 0 aromatic heterocycles. The molecule has 0 aromatic rings. The monoisotopic (exact) mass is 91.0 g/mol. The summed E-state index contributed by atoms with van der Waals surface area (Å²) in [7, 11) is 0. The second kappa shape index (κ2) is 24.5. The van der Waals surface area contributed by atoms with Crippen LogP contribution in [0.4, 0.5) is 0 Å². The zero-order valence-corrected chi connectivity index (χ0v) is 1.78. The Bertz CT molecular complexity index is 6.00. The Morgan fingerprint density at radius 3 is 1.00 bits per heavy atom. The Hall–Kier alpha value is 1.50. The van der Waals surface area contributed by atoms with Crippen molar-refractivity contribution in [3.05, 3.63) is 0 Å². The van der Waals surface area contributed by atoms with Gasteiger partial charge in [-0.05, 0) is 0 Å². The van der Waals surface area contributed by atoms with E-state index in [1.165, 1.54) is 0 Å². The summed E-state index contributed by atoms with van der Waals surface area (Å²) in [6, 6.07) is 0. The standard InChI is InChI=1S/Co.2Li.O.2H. The average molecular weight is 90.8 g/mol. The molecule has 0 bridgehead atoms. The zero-order chi connectivity index (χ0) is 2.00. The zero-order valence-electron chi connectivity index (χ0n) is 0.742. The van der Waals surface area contributed by atoms with Gasteiger partial charge in [0.25, 0.3) is 0 Å². The molecule has 0 saturated carbocycles. The van der Waals surface area contributed by atoms with Crippen molar-refractivity contribution in [2.45, 2.75) is 0 Å². The first kappa shape index (κ1) is 17.8. The molecule has 0 heterocycles. The molecule has 0 aliphatic rings. The van der Waals surface area contributed by atoms with Crippen LogP contribution in [-0.2, 0) is 19.5 Å². The summed E-state index contributed by atoms with van der Waals surface area (Å²) in [6.07, 6.45) is 0. The molecule has 0 spiro atoms. The Kier molecular flexibility index (Phi) is 109. The van der Waals surface area contributed by atoms with E-state index in [4.69, 9.17) is 3.87 Å². The molecule has 0 radical (unpaired) electrons. The Morgan fingerprint density at radius 1 is 1.00 bits per heavy atom. The van der Waals surface area contributed by atoms with Crippen molar-refractivity contribution < 1.29 is 19.5 Å². The fourth-order valence-electron chi connectivity index (χ4n) is 0. The van der Waals surface area contributed by atoms with Gasteiger partial charge in [-0.3, -0.25) is 0 Å². The van der Waals surface area contributed by atoms with Crippen LogP contribution in [0.5, 0.6) is 0 Å². The van der Waals surface area contributed by atoms with Gasteiger partial charge in [0, 0.05) is 0 Å². The molecule has 4 heteroatoms. The number of hydrogen-bond donors (Lipinski definition) is 0. The normalized spacial score (nSPS) is 1.25. The minimum absolute atomic E-state index is 0. The molecule has 0 saturated heterocycles. The van der Waals surface area contributed by atoms with E-state index in [0.29, 0.717) is 0 Å². The first-order valence-corrected chi connectivity index (χ1v) is 0.561. The minimum atomic E-state index is 0. The molecular formula is H2CoLi2O. The van der Waals surface area contributed by atoms with Gasteiger partial charge in [-0.15, -0.1) is 0 Å². The van der Waals surface area contributed by atoms with E-state index in [9.17, 15) is 0 Å². The van der Waals surface area contributed by atoms with Gasteiger partial charge in [0.1, 0.15) is 0 Å². The van der Waals surface area contributed by atoms with Gasteiger partial charge < -0.3 is 0 Å². The molecule has 1 nitrogen and oxygen atoms in total. The molecule has 0 aliphatic carbocycles. The maximum absolute atomic E-state index is 7.94. The van der Waals surface area contributed by atoms with Crippen LogP contribution in [0.15, 0.2) is 0 Å². The van der Waals surface area contributed by atoms with E-state index in [2.05, 4.69) is 15.7 Å². The van der Waals surface area contributed by atoms with Gasteiger partial charge in [-0.2, -0.15) is 0 Å². The molecule has 0 aromatic carbocycles. The van der Waals surface area contributed by atoms with E-state index in [-0.39, 0.29) is 37.7 Å². The molecule has 0 aliphatic heterocycles. The second-order valence-corrected chi connectivity index (χ2v) is 0. The van der Waals surface area contributed by atoms with E-state index < -0.39 is 0 Å². The van der Waals surface area contributed by atoms with Crippen molar-refractivity contribution in [3.8, 4) is 0 Å². The van der Waals surface area contributed by atoms with Crippen molar-refractivity contribution in [2.24, 2.45) is 0 Å². The summed E-state index contributed by atoms with van der Waals surface area (Å²) in [4.78, 5) is 0. The third-order valence-corrected chi connectivity index (χ3v) is 0. The molecule has 0 atom stereocenters. The van der Waals surface area contributed by atoms with Crippen LogP contribution < -0.4 is 0 Å². The van der Waals surface area contributed by atoms with Gasteiger partial charge in [0.2, 0.25) is 0 Å². The van der Waals surface area contributed by atoms with Crippen LogP contribution in [0.1, 0.15) is 0 Å². The van der Waals surface area contributed by atoms with Gasteiger partial charge in [-0.25, -0.2) is 0 Å². The second-order valence-electron chi connectivity index (χ2n) is 0. The van der Waals surface area contributed by atoms with Gasteiger partial charge in [0.05, 0.1) is 0 Å². The molecule has 0 fully saturated rings. The molecule has 19 valence electrons. The van der Waals surface area contributed by atoms with Crippen LogP contribution in [0.3, 0.4) is 0 Å². The fourth-order valence-corrected chi connectivity index (χ4v) is 0. The molecular weight excluding hydrogens is 88.8 g/mol. The van der Waals surface area contributed by atoms with E-state index >= 15 is 0 Å². The maximum atomic E-state index is 7.94. The van der Waals surface area contributed by atoms with E-state index in [0.717, 1.165) is 0 Å². The van der Waals surface area contributed by atoms with Crippen molar-refractivity contribution >= 4 is 37.7 Å². The van der Waals surface area contributed by atoms with Crippen LogP contribution in [0.25, 0.3) is 0 Å². The molecule has 0 N–H and O–H groups in total. The number of hydrogen-bond acceptors (Lipinski definition) is 1. The van der Waals surface area contributed by atoms with Gasteiger partial charge in [0.15, 0.2) is 0 Å². The number of rotatable bonds is 0. The van der Waals surface area contributed by atoms with Crippen molar-refractivity contribution in [1.29, 1.82) is 0 Å². The van der Waals surface area contributed by atoms with E-state index in [1.54, 1.807) is 0 Å². The molecule has 0 rings (SSSR count). The van der Waals surface area contributed by atoms with Crippen molar-refractivity contribution in [2.75, 3.05) is 0 Å². The third-order valence-electron chi connectivity index (χ3n) is 0. The van der Waals surface area contributed by atoms with Crippen LogP contribution in [-0.4, -0.2) is 37.7 Å². The third kappa shape index (κ3) is 9.72. The SMILES string of the molecule is [LiH].[LiH].[O]=[Co]. The Morgan fingerprint density at radius 2 is 1.00 bits per heavy atom. The van der Waals surface area contributed by atoms with Crippen LogP contribution in [0.2, 0.25) is 0 Å². The van der Waals surface area contributed by atoms with Gasteiger partial charge in [-0.1, -0.05) is 0 Å². The first-order valence-electron chi connectivity index (χ1n) is 0.136. The van der Waals surface area contributed by atoms with Crippen LogP contribution >= 0.6 is 0 Å². The Balaban J connectivity index is -0.00000000500. The average Bonchev–Trinajstić information content (AvgIpc) is 1.00. The summed E-state index contributed by atoms with van der Waals surface area (Å²) >= 11 is 2.31. The van der Waals surface area contributed by atoms with E-state index in [1.807, 2.05) is 0 Å². The fraction of sp³-hybridized carbons (Fsp3) is 0. The summed E-state index contributed by atoms with van der Waals surface area (Å²) in [5.74, 6) is 0. The predicted molar refractivity (Wildman–Crippen MR) is 15.0 cm³/mol. The summed E-state index contributed by atoms with van der Waals surface area (Å²) in [5, 5.41) is 0. The topological polar surface area (TPSA) is 17.1 Å². The van der Waals surface area contributed by atoms with Crippen LogP contribution in [0, 0.1) is 0 Å². The van der Waals surface area contributed by atoms with Crippen molar-refractivity contribution in [3.63, 3.8) is 0 Å². The first-order chi connectivity index (χ1) is 1.00. The molecule has 4 heavy (non-hydrogen) atoms. The summed E-state index contributed by atoms with van der Waals surface area (Å²) in [5.41, 5.74) is 0. The summed E-state index contributed by atoms with van der Waals surface area (Å²) in [6.45, 7) is 0. The van der Waals surface area contributed by atoms with Crippen molar-refractivity contribution in [1.82, 2.24) is 0 Å². The Labute approximate surface area is 57.0 Å².